The van der Waals surface area contributed by atoms with Gasteiger partial charge in [-0.2, -0.15) is 0 Å². The highest BCUT2D eigenvalue weighted by Crippen LogP contribution is 2.19. The Kier molecular flexibility index (Phi) is 4.08. The van der Waals surface area contributed by atoms with E-state index in [2.05, 4.69) is 31.2 Å². The zero-order valence-corrected chi connectivity index (χ0v) is 12.7. The number of aliphatic hydroxyl groups is 1. The molecule has 106 valence electrons. The number of aromatic nitrogens is 4. The van der Waals surface area contributed by atoms with Crippen LogP contribution < -0.4 is 0 Å². The van der Waals surface area contributed by atoms with Crippen LogP contribution in [0.1, 0.15) is 11.7 Å². The molecule has 0 aliphatic heterocycles. The molecule has 2 heterocycles. The van der Waals surface area contributed by atoms with E-state index in [4.69, 9.17) is 0 Å². The number of pyridine rings is 1. The van der Waals surface area contributed by atoms with E-state index in [1.165, 1.54) is 0 Å². The lowest BCUT2D eigenvalue weighted by Gasteiger charge is -2.10. The van der Waals surface area contributed by atoms with Crippen molar-refractivity contribution in [2.45, 2.75) is 12.6 Å². The largest absolute Gasteiger partial charge is 0.386 e. The first-order valence-electron chi connectivity index (χ1n) is 6.46. The highest BCUT2D eigenvalue weighted by Gasteiger charge is 2.10. The highest BCUT2D eigenvalue weighted by molar-refractivity contribution is 9.10. The summed E-state index contributed by atoms with van der Waals surface area (Å²) in [6, 6.07) is 11.3. The van der Waals surface area contributed by atoms with Crippen LogP contribution in [0.25, 0.3) is 11.3 Å². The van der Waals surface area contributed by atoms with Crippen molar-refractivity contribution in [1.82, 2.24) is 20.0 Å². The van der Waals surface area contributed by atoms with Gasteiger partial charge < -0.3 is 5.11 Å². The van der Waals surface area contributed by atoms with Gasteiger partial charge in [0, 0.05) is 22.4 Å². The minimum absolute atomic E-state index is 0.361. The second kappa shape index (κ2) is 6.15. The molecule has 21 heavy (non-hydrogen) atoms. The fourth-order valence-electron chi connectivity index (χ4n) is 2.01. The molecule has 2 aromatic heterocycles. The van der Waals surface area contributed by atoms with Gasteiger partial charge in [0.15, 0.2) is 0 Å². The van der Waals surface area contributed by atoms with Gasteiger partial charge in [-0.05, 0) is 29.8 Å². The van der Waals surface area contributed by atoms with Gasteiger partial charge >= 0.3 is 0 Å². The summed E-state index contributed by atoms with van der Waals surface area (Å²) in [5.41, 5.74) is 2.56. The molecule has 0 saturated carbocycles. The molecule has 1 atom stereocenters. The van der Waals surface area contributed by atoms with Gasteiger partial charge in [-0.25, -0.2) is 4.68 Å². The molecule has 0 bridgehead atoms. The summed E-state index contributed by atoms with van der Waals surface area (Å²) in [5.74, 6) is 0. The molecule has 1 aromatic carbocycles. The maximum Gasteiger partial charge on any atom is 0.113 e. The van der Waals surface area contributed by atoms with Crippen molar-refractivity contribution in [3.8, 4) is 11.3 Å². The fraction of sp³-hybridized carbons (Fsp3) is 0.133. The number of nitrogens with zero attached hydrogens (tertiary/aromatic N) is 4. The second-order valence-electron chi connectivity index (χ2n) is 4.63. The first-order chi connectivity index (χ1) is 10.2. The van der Waals surface area contributed by atoms with Crippen LogP contribution in [0, 0.1) is 0 Å². The third-order valence-corrected chi connectivity index (χ3v) is 3.66. The highest BCUT2D eigenvalue weighted by atomic mass is 79.9. The molecule has 0 spiro atoms. The van der Waals surface area contributed by atoms with Crippen LogP contribution in [-0.4, -0.2) is 25.1 Å². The monoisotopic (exact) mass is 344 g/mol. The Balaban J connectivity index is 1.74. The van der Waals surface area contributed by atoms with E-state index in [0.717, 1.165) is 21.3 Å². The van der Waals surface area contributed by atoms with Crippen molar-refractivity contribution in [3.05, 3.63) is 65.0 Å². The molecule has 0 unspecified atom stereocenters. The fourth-order valence-corrected chi connectivity index (χ4v) is 2.27. The predicted molar refractivity (Wildman–Crippen MR) is 82.4 cm³/mol. The predicted octanol–water partition coefficient (Wildman–Crippen LogP) is 2.84. The number of benzene rings is 1. The average Bonchev–Trinajstić information content (AvgIpc) is 2.97. The Labute approximate surface area is 130 Å². The summed E-state index contributed by atoms with van der Waals surface area (Å²) in [6.45, 7) is 0.361. The Morgan fingerprint density at radius 1 is 1.10 bits per heavy atom. The van der Waals surface area contributed by atoms with Crippen molar-refractivity contribution in [1.29, 1.82) is 0 Å². The second-order valence-corrected chi connectivity index (χ2v) is 5.54. The van der Waals surface area contributed by atoms with Crippen molar-refractivity contribution < 1.29 is 5.11 Å². The van der Waals surface area contributed by atoms with Crippen LogP contribution in [0.3, 0.4) is 0 Å². The third-order valence-electron chi connectivity index (χ3n) is 3.13. The molecule has 0 aliphatic carbocycles. The topological polar surface area (TPSA) is 63.8 Å². The number of aliphatic hydroxyl groups excluding tert-OH is 1. The molecular weight excluding hydrogens is 332 g/mol. The number of rotatable bonds is 4. The number of halogens is 1. The molecule has 0 amide bonds. The quantitative estimate of drug-likeness (QED) is 0.790. The van der Waals surface area contributed by atoms with Crippen LogP contribution in [0.4, 0.5) is 0 Å². The molecule has 0 fully saturated rings. The van der Waals surface area contributed by atoms with E-state index >= 15 is 0 Å². The lowest BCUT2D eigenvalue weighted by molar-refractivity contribution is 0.150. The maximum absolute atomic E-state index is 10.2. The maximum atomic E-state index is 10.2. The van der Waals surface area contributed by atoms with E-state index in [1.807, 2.05) is 42.6 Å². The number of hydrogen-bond acceptors (Lipinski definition) is 4. The van der Waals surface area contributed by atoms with Gasteiger partial charge in [0.1, 0.15) is 5.69 Å². The minimum atomic E-state index is -0.620. The molecule has 3 aromatic rings. The Morgan fingerprint density at radius 2 is 1.81 bits per heavy atom. The molecule has 0 aliphatic rings. The summed E-state index contributed by atoms with van der Waals surface area (Å²) in [6.07, 6.45) is 4.62. The van der Waals surface area contributed by atoms with Crippen LogP contribution in [0.5, 0.6) is 0 Å². The molecule has 6 heteroatoms. The lowest BCUT2D eigenvalue weighted by Crippen LogP contribution is -2.09. The van der Waals surface area contributed by atoms with Crippen molar-refractivity contribution in [3.63, 3.8) is 0 Å². The van der Waals surface area contributed by atoms with Crippen molar-refractivity contribution in [2.24, 2.45) is 0 Å². The third kappa shape index (κ3) is 3.34. The Bertz CT molecular complexity index is 712. The standard InChI is InChI=1S/C15H13BrN4O/c16-13-3-1-12(2-4-13)15(21)10-20-9-14(18-19-20)11-5-7-17-8-6-11/h1-9,15,21H,10H2/t15-/m1/s1. The SMILES string of the molecule is O[C@H](Cn1cc(-c2ccncc2)nn1)c1ccc(Br)cc1. The van der Waals surface area contributed by atoms with Gasteiger partial charge in [0.25, 0.3) is 0 Å². The lowest BCUT2D eigenvalue weighted by atomic mass is 10.1. The zero-order chi connectivity index (χ0) is 14.7. The Morgan fingerprint density at radius 3 is 2.52 bits per heavy atom. The van der Waals surface area contributed by atoms with Crippen molar-refractivity contribution in [2.75, 3.05) is 0 Å². The van der Waals surface area contributed by atoms with Crippen LogP contribution in [0.15, 0.2) is 59.5 Å². The zero-order valence-electron chi connectivity index (χ0n) is 11.1. The van der Waals surface area contributed by atoms with Gasteiger partial charge in [-0.1, -0.05) is 33.3 Å². The molecule has 1 N–H and O–H groups in total. The molecule has 0 radical (unpaired) electrons. The summed E-state index contributed by atoms with van der Waals surface area (Å²) in [7, 11) is 0. The normalized spacial score (nSPS) is 12.3. The van der Waals surface area contributed by atoms with E-state index in [0.29, 0.717) is 6.54 Å². The molecule has 5 nitrogen and oxygen atoms in total. The van der Waals surface area contributed by atoms with E-state index in [9.17, 15) is 5.11 Å². The molecule has 0 saturated heterocycles. The van der Waals surface area contributed by atoms with E-state index in [1.54, 1.807) is 17.1 Å². The van der Waals surface area contributed by atoms with Crippen LogP contribution >= 0.6 is 15.9 Å². The summed E-state index contributed by atoms with van der Waals surface area (Å²) >= 11 is 3.38. The van der Waals surface area contributed by atoms with Crippen LogP contribution in [0.2, 0.25) is 0 Å². The first-order valence-corrected chi connectivity index (χ1v) is 7.26. The van der Waals surface area contributed by atoms with Gasteiger partial charge in [-0.3, -0.25) is 4.98 Å². The molecule has 3 rings (SSSR count). The summed E-state index contributed by atoms with van der Waals surface area (Å²) < 4.78 is 2.63. The molecular formula is C15H13BrN4O. The average molecular weight is 345 g/mol. The minimum Gasteiger partial charge on any atom is -0.386 e. The van der Waals surface area contributed by atoms with Crippen LogP contribution in [-0.2, 0) is 6.54 Å². The van der Waals surface area contributed by atoms with Gasteiger partial charge in [0.05, 0.1) is 18.8 Å². The van der Waals surface area contributed by atoms with E-state index < -0.39 is 6.10 Å². The van der Waals surface area contributed by atoms with Gasteiger partial charge in [0.2, 0.25) is 0 Å². The smallest absolute Gasteiger partial charge is 0.113 e. The Hall–Kier alpha value is -2.05. The first kappa shape index (κ1) is 13.9. The summed E-state index contributed by atoms with van der Waals surface area (Å²) in [5, 5.41) is 18.4. The van der Waals surface area contributed by atoms with Gasteiger partial charge in [-0.15, -0.1) is 5.10 Å². The van der Waals surface area contributed by atoms with E-state index in [-0.39, 0.29) is 0 Å². The number of hydrogen-bond donors (Lipinski definition) is 1. The summed E-state index contributed by atoms with van der Waals surface area (Å²) in [4.78, 5) is 3.97. The van der Waals surface area contributed by atoms with Crippen molar-refractivity contribution >= 4 is 15.9 Å².